The van der Waals surface area contributed by atoms with Crippen LogP contribution < -0.4 is 5.32 Å². The molecule has 35 heavy (non-hydrogen) atoms. The van der Waals surface area contributed by atoms with E-state index in [4.69, 9.17) is 4.74 Å². The van der Waals surface area contributed by atoms with Crippen molar-refractivity contribution in [1.82, 2.24) is 15.2 Å². The third-order valence-corrected chi connectivity index (χ3v) is 7.10. The minimum Gasteiger partial charge on any atom is -0.370 e. The van der Waals surface area contributed by atoms with Gasteiger partial charge in [-0.25, -0.2) is 0 Å². The van der Waals surface area contributed by atoms with Gasteiger partial charge in [-0.3, -0.25) is 14.6 Å². The zero-order chi connectivity index (χ0) is 25.1. The van der Waals surface area contributed by atoms with Gasteiger partial charge in [0.1, 0.15) is 0 Å². The molecule has 6 nitrogen and oxygen atoms in total. The van der Waals surface area contributed by atoms with Crippen molar-refractivity contribution in [2.45, 2.75) is 69.4 Å². The second-order valence-corrected chi connectivity index (χ2v) is 9.23. The molecule has 1 aromatic carbocycles. The molecule has 9 heteroatoms. The van der Waals surface area contributed by atoms with Crippen LogP contribution >= 0.6 is 0 Å². The van der Waals surface area contributed by atoms with Crippen molar-refractivity contribution in [3.05, 3.63) is 65.5 Å². The van der Waals surface area contributed by atoms with Gasteiger partial charge in [-0.2, -0.15) is 13.2 Å². The number of piperidine rings is 1. The molecule has 0 radical (unpaired) electrons. The molecular weight excluding hydrogens is 459 g/mol. The standard InChI is InChI=1S/C26H30F3N3O3/c1-2-21(33)31-23-19-7-3-4-8-20(19)25(24(23)35-17-18-6-5-13-30-16-18)11-14-32(15-12-25)22(34)9-10-26(27,28)29/h3-8,13,16,23-24H,2,9-12,14-15,17H2,1H3,(H,31,33)/t23-,24+/m0/s1. The van der Waals surface area contributed by atoms with Gasteiger partial charge in [-0.15, -0.1) is 0 Å². The van der Waals surface area contributed by atoms with E-state index in [1.165, 1.54) is 4.90 Å². The summed E-state index contributed by atoms with van der Waals surface area (Å²) in [5, 5.41) is 3.13. The topological polar surface area (TPSA) is 71.5 Å². The van der Waals surface area contributed by atoms with Crippen LogP contribution in [0, 0.1) is 0 Å². The number of hydrogen-bond acceptors (Lipinski definition) is 4. The second-order valence-electron chi connectivity index (χ2n) is 9.23. The van der Waals surface area contributed by atoms with Crippen LogP contribution in [0.5, 0.6) is 0 Å². The first-order valence-corrected chi connectivity index (χ1v) is 12.0. The molecule has 1 N–H and O–H groups in total. The van der Waals surface area contributed by atoms with Crippen LogP contribution in [0.3, 0.4) is 0 Å². The number of nitrogens with zero attached hydrogens (tertiary/aromatic N) is 2. The molecule has 1 spiro atoms. The Morgan fingerprint density at radius 1 is 1.17 bits per heavy atom. The fraction of sp³-hybridized carbons (Fsp3) is 0.500. The van der Waals surface area contributed by atoms with E-state index in [2.05, 4.69) is 10.3 Å². The fourth-order valence-electron chi connectivity index (χ4n) is 5.33. The summed E-state index contributed by atoms with van der Waals surface area (Å²) in [5.41, 5.74) is 2.49. The van der Waals surface area contributed by atoms with Crippen LogP contribution in [0.2, 0.25) is 0 Å². The third-order valence-electron chi connectivity index (χ3n) is 7.10. The molecule has 2 aliphatic rings. The summed E-state index contributed by atoms with van der Waals surface area (Å²) in [6, 6.07) is 11.3. The van der Waals surface area contributed by atoms with Crippen molar-refractivity contribution in [3.8, 4) is 0 Å². The number of alkyl halides is 3. The number of carbonyl (C=O) groups is 2. The van der Waals surface area contributed by atoms with Crippen LogP contribution in [-0.4, -0.2) is 47.1 Å². The van der Waals surface area contributed by atoms with Gasteiger partial charge in [0.2, 0.25) is 11.8 Å². The molecule has 188 valence electrons. The third kappa shape index (κ3) is 5.50. The average Bonchev–Trinajstić information content (AvgIpc) is 3.10. The SMILES string of the molecule is CCC(=O)N[C@H]1c2ccccc2C2(CCN(C(=O)CCC(F)(F)F)CC2)[C@@H]1OCc1cccnc1. The molecule has 1 aliphatic carbocycles. The van der Waals surface area contributed by atoms with Crippen LogP contribution in [0.1, 0.15) is 61.8 Å². The number of benzene rings is 1. The number of halogens is 3. The van der Waals surface area contributed by atoms with Gasteiger partial charge >= 0.3 is 6.18 Å². The number of aromatic nitrogens is 1. The molecule has 2 aromatic rings. The van der Waals surface area contributed by atoms with E-state index in [1.807, 2.05) is 36.4 Å². The lowest BCUT2D eigenvalue weighted by Gasteiger charge is -2.44. The molecule has 0 bridgehead atoms. The lowest BCUT2D eigenvalue weighted by molar-refractivity contribution is -0.150. The molecule has 4 rings (SSSR count). The Kier molecular flexibility index (Phi) is 7.44. The molecular formula is C26H30F3N3O3. The van der Waals surface area contributed by atoms with Crippen LogP contribution in [0.15, 0.2) is 48.8 Å². The van der Waals surface area contributed by atoms with E-state index in [1.54, 1.807) is 19.3 Å². The first-order chi connectivity index (χ1) is 16.7. The van der Waals surface area contributed by atoms with E-state index < -0.39 is 30.3 Å². The highest BCUT2D eigenvalue weighted by molar-refractivity contribution is 5.77. The molecule has 1 saturated heterocycles. The first kappa shape index (κ1) is 25.2. The molecule has 2 heterocycles. The Bertz CT molecular complexity index is 1040. The van der Waals surface area contributed by atoms with Crippen molar-refractivity contribution in [3.63, 3.8) is 0 Å². The Labute approximate surface area is 202 Å². The summed E-state index contributed by atoms with van der Waals surface area (Å²) in [6.07, 6.45) is -1.56. The van der Waals surface area contributed by atoms with Gasteiger partial charge < -0.3 is 15.0 Å². The summed E-state index contributed by atoms with van der Waals surface area (Å²) in [4.78, 5) is 30.6. The number of pyridine rings is 1. The molecule has 2 amide bonds. The van der Waals surface area contributed by atoms with Crippen LogP contribution in [0.4, 0.5) is 13.2 Å². The lowest BCUT2D eigenvalue weighted by atomic mass is 9.71. The molecule has 1 aromatic heterocycles. The molecule has 1 aliphatic heterocycles. The maximum Gasteiger partial charge on any atom is 0.389 e. The van der Waals surface area contributed by atoms with E-state index in [0.29, 0.717) is 39.0 Å². The predicted octanol–water partition coefficient (Wildman–Crippen LogP) is 4.45. The fourth-order valence-corrected chi connectivity index (χ4v) is 5.33. The van der Waals surface area contributed by atoms with Crippen LogP contribution in [-0.2, 0) is 26.3 Å². The number of amides is 2. The average molecular weight is 490 g/mol. The largest absolute Gasteiger partial charge is 0.389 e. The van der Waals surface area contributed by atoms with Gasteiger partial charge in [-0.1, -0.05) is 37.3 Å². The molecule has 1 fully saturated rings. The van der Waals surface area contributed by atoms with Gasteiger partial charge in [-0.05, 0) is 35.6 Å². The van der Waals surface area contributed by atoms with Crippen LogP contribution in [0.25, 0.3) is 0 Å². The number of ether oxygens (including phenoxy) is 1. The zero-order valence-corrected chi connectivity index (χ0v) is 19.7. The second kappa shape index (κ2) is 10.4. The first-order valence-electron chi connectivity index (χ1n) is 12.0. The zero-order valence-electron chi connectivity index (χ0n) is 19.7. The number of nitrogens with one attached hydrogen (secondary N) is 1. The van der Waals surface area contributed by atoms with Crippen molar-refractivity contribution in [2.24, 2.45) is 0 Å². The highest BCUT2D eigenvalue weighted by atomic mass is 19.4. The number of hydrogen-bond donors (Lipinski definition) is 1. The summed E-state index contributed by atoms with van der Waals surface area (Å²) < 4.78 is 44.3. The lowest BCUT2D eigenvalue weighted by Crippen LogP contribution is -2.52. The van der Waals surface area contributed by atoms with E-state index in [-0.39, 0.29) is 18.1 Å². The van der Waals surface area contributed by atoms with Gasteiger partial charge in [0.05, 0.1) is 25.2 Å². The Balaban J connectivity index is 1.59. The number of fused-ring (bicyclic) bond motifs is 2. The highest BCUT2D eigenvalue weighted by Gasteiger charge is 2.54. The van der Waals surface area contributed by atoms with Gasteiger partial charge in [0, 0.05) is 43.7 Å². The maximum atomic E-state index is 12.6. The predicted molar refractivity (Wildman–Crippen MR) is 123 cm³/mol. The summed E-state index contributed by atoms with van der Waals surface area (Å²) >= 11 is 0. The smallest absolute Gasteiger partial charge is 0.370 e. The maximum absolute atomic E-state index is 12.6. The van der Waals surface area contributed by atoms with Crippen molar-refractivity contribution < 1.29 is 27.5 Å². The number of carbonyl (C=O) groups excluding carboxylic acids is 2. The van der Waals surface area contributed by atoms with E-state index >= 15 is 0 Å². The summed E-state index contributed by atoms with van der Waals surface area (Å²) in [5.74, 6) is -0.566. The molecule has 0 saturated carbocycles. The summed E-state index contributed by atoms with van der Waals surface area (Å²) in [7, 11) is 0. The Hall–Kier alpha value is -2.94. The number of rotatable bonds is 7. The van der Waals surface area contributed by atoms with E-state index in [0.717, 1.165) is 16.7 Å². The Morgan fingerprint density at radius 3 is 2.57 bits per heavy atom. The highest BCUT2D eigenvalue weighted by Crippen LogP contribution is 2.52. The van der Waals surface area contributed by atoms with E-state index in [9.17, 15) is 22.8 Å². The normalized spacial score (nSPS) is 21.1. The Morgan fingerprint density at radius 2 is 1.91 bits per heavy atom. The molecule has 2 atom stereocenters. The minimum atomic E-state index is -4.35. The van der Waals surface area contributed by atoms with Crippen molar-refractivity contribution in [2.75, 3.05) is 13.1 Å². The minimum absolute atomic E-state index is 0.0865. The molecule has 0 unspecified atom stereocenters. The van der Waals surface area contributed by atoms with Gasteiger partial charge in [0.15, 0.2) is 0 Å². The monoisotopic (exact) mass is 489 g/mol. The summed E-state index contributed by atoms with van der Waals surface area (Å²) in [6.45, 7) is 2.78. The van der Waals surface area contributed by atoms with Crippen molar-refractivity contribution in [1.29, 1.82) is 0 Å². The number of likely N-dealkylation sites (tertiary alicyclic amines) is 1. The van der Waals surface area contributed by atoms with Gasteiger partial charge in [0.25, 0.3) is 0 Å². The quantitative estimate of drug-likeness (QED) is 0.624. The van der Waals surface area contributed by atoms with Crippen molar-refractivity contribution >= 4 is 11.8 Å².